The largest absolute Gasteiger partial charge is 0.416 e. The minimum atomic E-state index is -4.36. The molecule has 1 atom stereocenters. The van der Waals surface area contributed by atoms with Crippen molar-refractivity contribution in [3.8, 4) is 11.3 Å². The van der Waals surface area contributed by atoms with Crippen LogP contribution in [-0.2, 0) is 17.5 Å². The summed E-state index contributed by atoms with van der Waals surface area (Å²) < 4.78 is 37.9. The number of nitrogens with zero attached hydrogens (tertiary/aromatic N) is 1. The number of benzene rings is 2. The summed E-state index contributed by atoms with van der Waals surface area (Å²) in [4.78, 5) is 16.7. The van der Waals surface area contributed by atoms with Crippen LogP contribution in [-0.4, -0.2) is 10.9 Å². The first-order valence-electron chi connectivity index (χ1n) is 8.76. The minimum absolute atomic E-state index is 0.163. The monoisotopic (exact) mass is 404 g/mol. The van der Waals surface area contributed by atoms with Crippen molar-refractivity contribution in [2.45, 2.75) is 32.0 Å². The maximum absolute atomic E-state index is 12.6. The van der Waals surface area contributed by atoms with Gasteiger partial charge in [-0.25, -0.2) is 4.98 Å². The maximum Gasteiger partial charge on any atom is 0.416 e. The van der Waals surface area contributed by atoms with E-state index in [1.807, 2.05) is 42.6 Å². The molecule has 0 aliphatic carbocycles. The Labute approximate surface area is 165 Å². The van der Waals surface area contributed by atoms with E-state index in [1.54, 1.807) is 0 Å². The number of aromatic nitrogens is 1. The molecule has 7 heteroatoms. The van der Waals surface area contributed by atoms with E-state index < -0.39 is 11.7 Å². The van der Waals surface area contributed by atoms with Crippen molar-refractivity contribution in [2.75, 3.05) is 0 Å². The quantitative estimate of drug-likeness (QED) is 0.578. The molecule has 2 aromatic carbocycles. The molecule has 0 spiro atoms. The van der Waals surface area contributed by atoms with Crippen molar-refractivity contribution in [1.82, 2.24) is 10.3 Å². The Hall–Kier alpha value is -2.67. The number of rotatable bonds is 6. The van der Waals surface area contributed by atoms with Gasteiger partial charge in [-0.1, -0.05) is 49.4 Å². The molecule has 1 amide bonds. The van der Waals surface area contributed by atoms with E-state index in [1.165, 1.54) is 23.5 Å². The molecule has 146 valence electrons. The van der Waals surface area contributed by atoms with Gasteiger partial charge in [-0.15, -0.1) is 11.3 Å². The summed E-state index contributed by atoms with van der Waals surface area (Å²) in [6.45, 7) is 2.15. The number of halogens is 3. The van der Waals surface area contributed by atoms with Gasteiger partial charge in [-0.3, -0.25) is 4.79 Å². The van der Waals surface area contributed by atoms with E-state index in [0.717, 1.165) is 28.4 Å². The van der Waals surface area contributed by atoms with Crippen LogP contribution in [0.25, 0.3) is 11.3 Å². The third-order valence-corrected chi connectivity index (χ3v) is 5.21. The Morgan fingerprint density at radius 1 is 1.11 bits per heavy atom. The number of nitrogens with one attached hydrogen (secondary N) is 1. The van der Waals surface area contributed by atoms with Crippen LogP contribution in [0.4, 0.5) is 13.2 Å². The van der Waals surface area contributed by atoms with Gasteiger partial charge in [0.1, 0.15) is 5.01 Å². The molecule has 0 radical (unpaired) electrons. The smallest absolute Gasteiger partial charge is 0.350 e. The van der Waals surface area contributed by atoms with Crippen molar-refractivity contribution >= 4 is 17.2 Å². The molecule has 0 bridgehead atoms. The number of thiazole rings is 1. The molecule has 1 N–H and O–H groups in total. The molecule has 1 heterocycles. The topological polar surface area (TPSA) is 42.0 Å². The second kappa shape index (κ2) is 8.56. The van der Waals surface area contributed by atoms with Gasteiger partial charge in [0, 0.05) is 17.4 Å². The second-order valence-corrected chi connectivity index (χ2v) is 7.44. The van der Waals surface area contributed by atoms with Gasteiger partial charge in [0.25, 0.3) is 0 Å². The number of amides is 1. The lowest BCUT2D eigenvalue weighted by Gasteiger charge is -2.13. The van der Waals surface area contributed by atoms with E-state index in [4.69, 9.17) is 0 Å². The standard InChI is InChI=1S/C21H19F3N2OS/c1-14(15-7-9-17(10-8-15)21(22,23)24)11-19(27)25-12-20-26-18(13-28-20)16-5-3-2-4-6-16/h2-10,13-14H,11-12H2,1H3,(H,25,27). The van der Waals surface area contributed by atoms with Crippen molar-refractivity contribution in [3.63, 3.8) is 0 Å². The normalized spacial score (nSPS) is 12.6. The fourth-order valence-corrected chi connectivity index (χ4v) is 3.52. The summed E-state index contributed by atoms with van der Waals surface area (Å²) in [5.41, 5.74) is 1.90. The highest BCUT2D eigenvalue weighted by Gasteiger charge is 2.30. The van der Waals surface area contributed by atoms with Gasteiger partial charge >= 0.3 is 6.18 Å². The molecule has 0 saturated carbocycles. The molecule has 3 nitrogen and oxygen atoms in total. The third-order valence-electron chi connectivity index (χ3n) is 4.36. The Kier molecular flexibility index (Phi) is 6.14. The first kappa shape index (κ1) is 20.1. The first-order chi connectivity index (χ1) is 13.3. The zero-order valence-corrected chi connectivity index (χ0v) is 16.0. The Balaban J connectivity index is 1.52. The molecule has 0 fully saturated rings. The summed E-state index contributed by atoms with van der Waals surface area (Å²) in [5.74, 6) is -0.345. The lowest BCUT2D eigenvalue weighted by molar-refractivity contribution is -0.137. The van der Waals surface area contributed by atoms with E-state index in [9.17, 15) is 18.0 Å². The predicted octanol–water partition coefficient (Wildman–Crippen LogP) is 5.64. The molecule has 1 unspecified atom stereocenters. The highest BCUT2D eigenvalue weighted by Crippen LogP contribution is 2.30. The average molecular weight is 404 g/mol. The van der Waals surface area contributed by atoms with E-state index in [2.05, 4.69) is 10.3 Å². The van der Waals surface area contributed by atoms with Crippen molar-refractivity contribution in [3.05, 3.63) is 76.1 Å². The van der Waals surface area contributed by atoms with Crippen molar-refractivity contribution in [2.24, 2.45) is 0 Å². The fourth-order valence-electron chi connectivity index (χ4n) is 2.78. The number of hydrogen-bond acceptors (Lipinski definition) is 3. The zero-order valence-electron chi connectivity index (χ0n) is 15.2. The summed E-state index contributed by atoms with van der Waals surface area (Å²) in [6.07, 6.45) is -4.16. The maximum atomic E-state index is 12.6. The predicted molar refractivity (Wildman–Crippen MR) is 104 cm³/mol. The fraction of sp³-hybridized carbons (Fsp3) is 0.238. The van der Waals surface area contributed by atoms with Crippen LogP contribution >= 0.6 is 11.3 Å². The van der Waals surface area contributed by atoms with E-state index >= 15 is 0 Å². The van der Waals surface area contributed by atoms with Crippen LogP contribution in [0.2, 0.25) is 0 Å². The number of carbonyl (C=O) groups excluding carboxylic acids is 1. The molecule has 0 aliphatic rings. The Morgan fingerprint density at radius 3 is 2.43 bits per heavy atom. The third kappa shape index (κ3) is 5.19. The molecule has 1 aromatic heterocycles. The Bertz CT molecular complexity index is 921. The molecule has 3 rings (SSSR count). The Morgan fingerprint density at radius 2 is 1.79 bits per heavy atom. The summed E-state index contributed by atoms with van der Waals surface area (Å²) in [7, 11) is 0. The molecule has 28 heavy (non-hydrogen) atoms. The molecule has 0 saturated heterocycles. The average Bonchev–Trinajstić information content (AvgIpc) is 3.15. The number of hydrogen-bond donors (Lipinski definition) is 1. The molecule has 0 aliphatic heterocycles. The lowest BCUT2D eigenvalue weighted by Crippen LogP contribution is -2.24. The van der Waals surface area contributed by atoms with Gasteiger partial charge in [0.05, 0.1) is 17.8 Å². The number of carbonyl (C=O) groups is 1. The van der Waals surface area contributed by atoms with Gasteiger partial charge in [-0.2, -0.15) is 13.2 Å². The SMILES string of the molecule is CC(CC(=O)NCc1nc(-c2ccccc2)cs1)c1ccc(C(F)(F)F)cc1. The van der Waals surface area contributed by atoms with Crippen LogP contribution < -0.4 is 5.32 Å². The van der Waals surface area contributed by atoms with Crippen molar-refractivity contribution < 1.29 is 18.0 Å². The van der Waals surface area contributed by atoms with Crippen LogP contribution in [0.3, 0.4) is 0 Å². The first-order valence-corrected chi connectivity index (χ1v) is 9.64. The van der Waals surface area contributed by atoms with E-state index in [0.29, 0.717) is 12.1 Å². The second-order valence-electron chi connectivity index (χ2n) is 6.49. The summed E-state index contributed by atoms with van der Waals surface area (Å²) in [5, 5.41) is 5.58. The van der Waals surface area contributed by atoms with Gasteiger partial charge in [0.15, 0.2) is 0 Å². The van der Waals surface area contributed by atoms with Crippen LogP contribution in [0.1, 0.15) is 35.4 Å². The van der Waals surface area contributed by atoms with Crippen molar-refractivity contribution in [1.29, 1.82) is 0 Å². The highest BCUT2D eigenvalue weighted by atomic mass is 32.1. The lowest BCUT2D eigenvalue weighted by atomic mass is 9.96. The molecular formula is C21H19F3N2OS. The van der Waals surface area contributed by atoms with Crippen LogP contribution in [0, 0.1) is 0 Å². The number of alkyl halides is 3. The summed E-state index contributed by atoms with van der Waals surface area (Å²) in [6, 6.07) is 14.7. The highest BCUT2D eigenvalue weighted by molar-refractivity contribution is 7.09. The van der Waals surface area contributed by atoms with E-state index in [-0.39, 0.29) is 18.2 Å². The van der Waals surface area contributed by atoms with Crippen LogP contribution in [0.15, 0.2) is 60.0 Å². The van der Waals surface area contributed by atoms with Gasteiger partial charge < -0.3 is 5.32 Å². The molecular weight excluding hydrogens is 385 g/mol. The minimum Gasteiger partial charge on any atom is -0.350 e. The molecule has 3 aromatic rings. The summed E-state index contributed by atoms with van der Waals surface area (Å²) >= 11 is 1.47. The van der Waals surface area contributed by atoms with Gasteiger partial charge in [0.2, 0.25) is 5.91 Å². The zero-order chi connectivity index (χ0) is 20.1. The van der Waals surface area contributed by atoms with Crippen LogP contribution in [0.5, 0.6) is 0 Å². The van der Waals surface area contributed by atoms with Gasteiger partial charge in [-0.05, 0) is 23.6 Å².